The third-order valence-corrected chi connectivity index (χ3v) is 3.50. The summed E-state index contributed by atoms with van der Waals surface area (Å²) in [6.45, 7) is 8.23. The van der Waals surface area contributed by atoms with Gasteiger partial charge in [-0.1, -0.05) is 18.2 Å². The van der Waals surface area contributed by atoms with Crippen LogP contribution in [0.25, 0.3) is 10.9 Å². The fourth-order valence-corrected chi connectivity index (χ4v) is 2.44. The Morgan fingerprint density at radius 3 is 2.74 bits per heavy atom. The normalized spacial score (nSPS) is 12.2. The average Bonchev–Trinajstić information content (AvgIpc) is 2.64. The average molecular weight is 259 g/mol. The second kappa shape index (κ2) is 5.76. The van der Waals surface area contributed by atoms with Crippen LogP contribution >= 0.6 is 0 Å². The van der Waals surface area contributed by atoms with E-state index in [1.165, 1.54) is 22.2 Å². The fourth-order valence-electron chi connectivity index (χ4n) is 2.44. The molecule has 0 aliphatic carbocycles. The summed E-state index contributed by atoms with van der Waals surface area (Å²) in [6.07, 6.45) is 2.16. The first-order chi connectivity index (χ1) is 8.97. The van der Waals surface area contributed by atoms with Gasteiger partial charge in [-0.15, -0.1) is 0 Å². The predicted molar refractivity (Wildman–Crippen MR) is 82.2 cm³/mol. The Morgan fingerprint density at radius 2 is 2.00 bits per heavy atom. The third-order valence-electron chi connectivity index (χ3n) is 3.50. The second-order valence-electron chi connectivity index (χ2n) is 6.04. The molecule has 1 aromatic carbocycles. The number of aromatic nitrogens is 1. The minimum Gasteiger partial charge on any atom is -0.358 e. The Kier molecular flexibility index (Phi) is 4.27. The van der Waals surface area contributed by atoms with Crippen molar-refractivity contribution in [2.75, 3.05) is 6.54 Å². The lowest BCUT2D eigenvalue weighted by atomic mass is 10.0. The zero-order valence-electron chi connectivity index (χ0n) is 12.2. The zero-order chi connectivity index (χ0) is 13.9. The standard InChI is InChI=1S/C16H25N3/c1-12-14(11-18-10-6-9-16(2,3)17)13-7-4-5-8-15(13)19-12/h4-5,7-8,18-19H,6,9-11,17H2,1-3H3. The molecular formula is C16H25N3. The van der Waals surface area contributed by atoms with Crippen molar-refractivity contribution >= 4 is 10.9 Å². The summed E-state index contributed by atoms with van der Waals surface area (Å²) >= 11 is 0. The van der Waals surface area contributed by atoms with Gasteiger partial charge in [-0.25, -0.2) is 0 Å². The number of nitrogens with two attached hydrogens (primary N) is 1. The van der Waals surface area contributed by atoms with Gasteiger partial charge >= 0.3 is 0 Å². The van der Waals surface area contributed by atoms with Crippen LogP contribution in [0.15, 0.2) is 24.3 Å². The topological polar surface area (TPSA) is 53.8 Å². The maximum Gasteiger partial charge on any atom is 0.0459 e. The summed E-state index contributed by atoms with van der Waals surface area (Å²) in [6, 6.07) is 8.47. The third kappa shape index (κ3) is 3.82. The van der Waals surface area contributed by atoms with E-state index in [2.05, 4.69) is 55.3 Å². The molecule has 1 aromatic heterocycles. The van der Waals surface area contributed by atoms with Gasteiger partial charge in [0.15, 0.2) is 0 Å². The molecule has 0 aliphatic rings. The summed E-state index contributed by atoms with van der Waals surface area (Å²) < 4.78 is 0. The molecule has 0 aliphatic heterocycles. The molecule has 0 atom stereocenters. The van der Waals surface area contributed by atoms with Crippen LogP contribution in [0.3, 0.4) is 0 Å². The van der Waals surface area contributed by atoms with E-state index < -0.39 is 0 Å². The van der Waals surface area contributed by atoms with Gasteiger partial charge in [-0.05, 0) is 51.8 Å². The van der Waals surface area contributed by atoms with Crippen molar-refractivity contribution in [1.82, 2.24) is 10.3 Å². The van der Waals surface area contributed by atoms with Crippen molar-refractivity contribution in [2.45, 2.75) is 45.7 Å². The molecule has 0 spiro atoms. The van der Waals surface area contributed by atoms with E-state index in [1.807, 2.05) is 0 Å². The molecule has 104 valence electrons. The minimum absolute atomic E-state index is 0.0572. The molecule has 4 N–H and O–H groups in total. The van der Waals surface area contributed by atoms with Gasteiger partial charge in [0.1, 0.15) is 0 Å². The van der Waals surface area contributed by atoms with Crippen molar-refractivity contribution in [3.8, 4) is 0 Å². The quantitative estimate of drug-likeness (QED) is 0.698. The number of rotatable bonds is 6. The van der Waals surface area contributed by atoms with E-state index >= 15 is 0 Å². The molecule has 0 unspecified atom stereocenters. The first-order valence-electron chi connectivity index (χ1n) is 7.03. The van der Waals surface area contributed by atoms with Gasteiger partial charge in [0.25, 0.3) is 0 Å². The molecule has 0 amide bonds. The monoisotopic (exact) mass is 259 g/mol. The van der Waals surface area contributed by atoms with E-state index in [-0.39, 0.29) is 5.54 Å². The number of fused-ring (bicyclic) bond motifs is 1. The van der Waals surface area contributed by atoms with Crippen molar-refractivity contribution in [2.24, 2.45) is 5.73 Å². The number of hydrogen-bond acceptors (Lipinski definition) is 2. The summed E-state index contributed by atoms with van der Waals surface area (Å²) in [4.78, 5) is 3.43. The zero-order valence-corrected chi connectivity index (χ0v) is 12.2. The highest BCUT2D eigenvalue weighted by Crippen LogP contribution is 2.21. The van der Waals surface area contributed by atoms with Crippen molar-refractivity contribution in [1.29, 1.82) is 0 Å². The van der Waals surface area contributed by atoms with Crippen molar-refractivity contribution < 1.29 is 0 Å². The Balaban J connectivity index is 1.90. The van der Waals surface area contributed by atoms with Gasteiger partial charge in [0, 0.05) is 28.7 Å². The molecule has 3 nitrogen and oxygen atoms in total. The van der Waals surface area contributed by atoms with Crippen LogP contribution in [0, 0.1) is 6.92 Å². The Bertz CT molecular complexity index is 534. The molecule has 3 heteroatoms. The van der Waals surface area contributed by atoms with Crippen LogP contribution in [-0.4, -0.2) is 17.1 Å². The van der Waals surface area contributed by atoms with Crippen LogP contribution in [-0.2, 0) is 6.54 Å². The Hall–Kier alpha value is -1.32. The SMILES string of the molecule is Cc1[nH]c2ccccc2c1CNCCCC(C)(C)N. The van der Waals surface area contributed by atoms with Crippen LogP contribution in [0.2, 0.25) is 0 Å². The van der Waals surface area contributed by atoms with E-state index in [4.69, 9.17) is 5.73 Å². The van der Waals surface area contributed by atoms with Crippen LogP contribution in [0.4, 0.5) is 0 Å². The number of aromatic amines is 1. The molecule has 19 heavy (non-hydrogen) atoms. The highest BCUT2D eigenvalue weighted by Gasteiger charge is 2.10. The minimum atomic E-state index is -0.0572. The van der Waals surface area contributed by atoms with E-state index in [1.54, 1.807) is 0 Å². The summed E-state index contributed by atoms with van der Waals surface area (Å²) in [5.74, 6) is 0. The highest BCUT2D eigenvalue weighted by atomic mass is 14.9. The highest BCUT2D eigenvalue weighted by molar-refractivity contribution is 5.84. The van der Waals surface area contributed by atoms with Gasteiger partial charge in [0.05, 0.1) is 0 Å². The lowest BCUT2D eigenvalue weighted by molar-refractivity contribution is 0.448. The lowest BCUT2D eigenvalue weighted by Gasteiger charge is -2.18. The number of para-hydroxylation sites is 1. The lowest BCUT2D eigenvalue weighted by Crippen LogP contribution is -2.32. The largest absolute Gasteiger partial charge is 0.358 e. The smallest absolute Gasteiger partial charge is 0.0459 e. The van der Waals surface area contributed by atoms with Crippen LogP contribution in [0.1, 0.15) is 37.9 Å². The van der Waals surface area contributed by atoms with E-state index in [9.17, 15) is 0 Å². The summed E-state index contributed by atoms with van der Waals surface area (Å²) in [7, 11) is 0. The molecule has 0 radical (unpaired) electrons. The molecule has 2 aromatic rings. The Labute approximate surface area is 115 Å². The van der Waals surface area contributed by atoms with Crippen LogP contribution in [0.5, 0.6) is 0 Å². The van der Waals surface area contributed by atoms with Gasteiger partial charge in [0.2, 0.25) is 0 Å². The first kappa shape index (κ1) is 14.1. The number of aryl methyl sites for hydroxylation is 1. The number of hydrogen-bond donors (Lipinski definition) is 3. The maximum atomic E-state index is 5.98. The van der Waals surface area contributed by atoms with Crippen molar-refractivity contribution in [3.63, 3.8) is 0 Å². The molecular weight excluding hydrogens is 234 g/mol. The van der Waals surface area contributed by atoms with Crippen LogP contribution < -0.4 is 11.1 Å². The van der Waals surface area contributed by atoms with Gasteiger partial charge in [-0.3, -0.25) is 0 Å². The second-order valence-corrected chi connectivity index (χ2v) is 6.04. The summed E-state index contributed by atoms with van der Waals surface area (Å²) in [5.41, 5.74) is 9.78. The van der Waals surface area contributed by atoms with Gasteiger partial charge in [-0.2, -0.15) is 0 Å². The number of benzene rings is 1. The molecule has 0 bridgehead atoms. The summed E-state index contributed by atoms with van der Waals surface area (Å²) in [5, 5.41) is 4.84. The molecule has 2 rings (SSSR count). The molecule has 0 saturated heterocycles. The van der Waals surface area contributed by atoms with E-state index in [0.717, 1.165) is 25.9 Å². The fraction of sp³-hybridized carbons (Fsp3) is 0.500. The predicted octanol–water partition coefficient (Wildman–Crippen LogP) is 3.08. The maximum absolute atomic E-state index is 5.98. The van der Waals surface area contributed by atoms with Crippen molar-refractivity contribution in [3.05, 3.63) is 35.5 Å². The van der Waals surface area contributed by atoms with Gasteiger partial charge < -0.3 is 16.0 Å². The Morgan fingerprint density at radius 1 is 1.26 bits per heavy atom. The van der Waals surface area contributed by atoms with E-state index in [0.29, 0.717) is 0 Å². The molecule has 1 heterocycles. The first-order valence-corrected chi connectivity index (χ1v) is 7.03. The molecule has 0 fully saturated rings. The molecule has 0 saturated carbocycles. The number of nitrogens with one attached hydrogen (secondary N) is 2. The number of H-pyrrole nitrogens is 1.